The van der Waals surface area contributed by atoms with Gasteiger partial charge in [0, 0.05) is 17.9 Å². The molecule has 3 aromatic heterocycles. The zero-order valence-electron chi connectivity index (χ0n) is 19.6. The van der Waals surface area contributed by atoms with Gasteiger partial charge < -0.3 is 20.1 Å². The van der Waals surface area contributed by atoms with Gasteiger partial charge in [0.15, 0.2) is 0 Å². The maximum Gasteiger partial charge on any atom is 0.263 e. The molecule has 7 nitrogen and oxygen atoms in total. The average Bonchev–Trinajstić information content (AvgIpc) is 3.25. The van der Waals surface area contributed by atoms with Gasteiger partial charge in [0.2, 0.25) is 0 Å². The second-order valence-corrected chi connectivity index (χ2v) is 10.1. The molecule has 1 fully saturated rings. The molecule has 2 atom stereocenters. The van der Waals surface area contributed by atoms with E-state index < -0.39 is 0 Å². The molecule has 0 aliphatic heterocycles. The topological polar surface area (TPSA) is 92.2 Å². The first-order valence-corrected chi connectivity index (χ1v) is 12.9. The van der Waals surface area contributed by atoms with E-state index in [4.69, 9.17) is 4.74 Å². The molecule has 0 bridgehead atoms. The number of hydrogen-bond acceptors (Lipinski definition) is 5. The van der Waals surface area contributed by atoms with E-state index >= 15 is 0 Å². The fourth-order valence-corrected chi connectivity index (χ4v) is 5.97. The number of para-hydroxylation sites is 1. The van der Waals surface area contributed by atoms with Gasteiger partial charge in [-0.25, -0.2) is 4.98 Å². The van der Waals surface area contributed by atoms with Crippen molar-refractivity contribution < 1.29 is 14.6 Å². The molecule has 0 unspecified atom stereocenters. The van der Waals surface area contributed by atoms with Gasteiger partial charge in [0.05, 0.1) is 22.5 Å². The Morgan fingerprint density at radius 2 is 1.89 bits per heavy atom. The molecule has 2 aromatic carbocycles. The highest BCUT2D eigenvalue weighted by Gasteiger charge is 2.25. The quantitative estimate of drug-likeness (QED) is 0.315. The Bertz CT molecular complexity index is 1600. The van der Waals surface area contributed by atoms with Crippen LogP contribution in [0.4, 0.5) is 0 Å². The highest BCUT2D eigenvalue weighted by atomic mass is 32.1. The summed E-state index contributed by atoms with van der Waals surface area (Å²) >= 11 is 1.37. The first-order valence-electron chi connectivity index (χ1n) is 12.1. The molecular weight excluding hydrogens is 472 g/mol. The minimum atomic E-state index is -0.353. The molecule has 3 N–H and O–H groups in total. The number of aromatic amines is 1. The molecule has 8 heteroatoms. The molecule has 3 heterocycles. The van der Waals surface area contributed by atoms with E-state index in [1.54, 1.807) is 6.20 Å². The van der Waals surface area contributed by atoms with Crippen molar-refractivity contribution in [3.63, 3.8) is 0 Å². The van der Waals surface area contributed by atoms with Crippen LogP contribution in [0, 0.1) is 0 Å². The van der Waals surface area contributed by atoms with E-state index in [2.05, 4.69) is 21.9 Å². The van der Waals surface area contributed by atoms with E-state index in [0.717, 1.165) is 57.7 Å². The lowest BCUT2D eigenvalue weighted by atomic mass is 9.93. The van der Waals surface area contributed by atoms with E-state index in [0.29, 0.717) is 16.8 Å². The molecule has 182 valence electrons. The van der Waals surface area contributed by atoms with Crippen LogP contribution in [0.3, 0.4) is 0 Å². The predicted molar refractivity (Wildman–Crippen MR) is 143 cm³/mol. The number of ether oxygens (including phenoxy) is 1. The van der Waals surface area contributed by atoms with Crippen molar-refractivity contribution in [1.82, 2.24) is 19.9 Å². The number of thiophene rings is 1. The molecule has 0 radical (unpaired) electrons. The van der Waals surface area contributed by atoms with Gasteiger partial charge in [0.1, 0.15) is 26.7 Å². The molecule has 36 heavy (non-hydrogen) atoms. The minimum Gasteiger partial charge on any atom is -0.457 e. The molecular formula is C28H26N4O3S. The lowest BCUT2D eigenvalue weighted by molar-refractivity contribution is 0.0854. The third-order valence-electron chi connectivity index (χ3n) is 6.61. The second-order valence-electron chi connectivity index (χ2n) is 9.12. The number of amides is 1. The van der Waals surface area contributed by atoms with Crippen molar-refractivity contribution in [2.24, 2.45) is 0 Å². The highest BCUT2D eigenvalue weighted by Crippen LogP contribution is 2.34. The van der Waals surface area contributed by atoms with Crippen LogP contribution in [0.5, 0.6) is 11.5 Å². The summed E-state index contributed by atoms with van der Waals surface area (Å²) in [5.74, 6) is 1.37. The van der Waals surface area contributed by atoms with E-state index in [1.165, 1.54) is 11.3 Å². The van der Waals surface area contributed by atoms with Crippen LogP contribution in [0.2, 0.25) is 0 Å². The summed E-state index contributed by atoms with van der Waals surface area (Å²) in [5, 5.41) is 14.0. The Kier molecular flexibility index (Phi) is 5.83. The first-order chi connectivity index (χ1) is 17.6. The number of aliphatic hydroxyl groups excluding tert-OH is 1. The zero-order chi connectivity index (χ0) is 24.6. The molecule has 6 rings (SSSR count). The van der Waals surface area contributed by atoms with Crippen molar-refractivity contribution >= 4 is 45.1 Å². The van der Waals surface area contributed by atoms with Crippen LogP contribution in [0.25, 0.3) is 33.5 Å². The third-order valence-corrected chi connectivity index (χ3v) is 7.71. The number of benzene rings is 2. The van der Waals surface area contributed by atoms with Gasteiger partial charge in [0.25, 0.3) is 5.91 Å². The maximum atomic E-state index is 13.2. The van der Waals surface area contributed by atoms with Crippen LogP contribution in [-0.2, 0) is 0 Å². The fraction of sp³-hybridized carbons (Fsp3) is 0.214. The minimum absolute atomic E-state index is 0.0222. The summed E-state index contributed by atoms with van der Waals surface area (Å²) in [5.41, 5.74) is 3.21. The summed E-state index contributed by atoms with van der Waals surface area (Å²) in [6, 6.07) is 19.4. The Morgan fingerprint density at radius 3 is 2.67 bits per heavy atom. The molecule has 5 aromatic rings. The normalized spacial score (nSPS) is 17.9. The Labute approximate surface area is 211 Å². The molecule has 1 amide bonds. The third kappa shape index (κ3) is 4.19. The number of aromatic nitrogens is 3. The highest BCUT2D eigenvalue weighted by molar-refractivity contribution is 7.21. The van der Waals surface area contributed by atoms with Gasteiger partial charge >= 0.3 is 0 Å². The average molecular weight is 499 g/mol. The number of carbonyl (C=O) groups is 1. The van der Waals surface area contributed by atoms with Gasteiger partial charge in [-0.2, -0.15) is 0 Å². The zero-order valence-corrected chi connectivity index (χ0v) is 20.4. The summed E-state index contributed by atoms with van der Waals surface area (Å²) in [4.78, 5) is 22.5. The van der Waals surface area contributed by atoms with Crippen molar-refractivity contribution in [2.45, 2.75) is 37.8 Å². The van der Waals surface area contributed by atoms with Crippen molar-refractivity contribution in [3.8, 4) is 17.2 Å². The number of carbonyl (C=O) groups excluding carboxylic acids is 1. The van der Waals surface area contributed by atoms with Crippen LogP contribution in [0.15, 0.2) is 66.9 Å². The first kappa shape index (κ1) is 22.6. The number of aliphatic hydroxyl groups is 1. The SMILES string of the molecule is C=c1[nH]c2c(C(=O)N[C@H]3CCC[C@@H](O)C3)sc3nccc(c32)n1-c1ccc(Oc2ccccc2)cc1. The van der Waals surface area contributed by atoms with Crippen LogP contribution >= 0.6 is 11.3 Å². The van der Waals surface area contributed by atoms with E-state index in [1.807, 2.05) is 65.2 Å². The molecule has 0 spiro atoms. The standard InChI is InChI=1S/C28H26N4O3S/c1-17-30-25-24-23(32(17)19-10-12-22(13-11-19)35-21-8-3-2-4-9-21)14-15-29-28(24)36-26(25)27(34)31-18-6-5-7-20(33)16-18/h2-4,8-15,18,20,30,33H,1,5-7,16H2,(H,31,34)/t18-,20+/m0/s1. The number of rotatable bonds is 5. The molecule has 1 aliphatic carbocycles. The number of hydrogen-bond donors (Lipinski definition) is 3. The van der Waals surface area contributed by atoms with Crippen molar-refractivity contribution in [1.29, 1.82) is 0 Å². The number of pyridine rings is 1. The monoisotopic (exact) mass is 498 g/mol. The number of nitrogens with zero attached hydrogens (tertiary/aromatic N) is 2. The van der Waals surface area contributed by atoms with Gasteiger partial charge in [-0.3, -0.25) is 9.36 Å². The molecule has 0 saturated heterocycles. The van der Waals surface area contributed by atoms with E-state index in [9.17, 15) is 9.90 Å². The van der Waals surface area contributed by atoms with Crippen LogP contribution < -0.4 is 15.5 Å². The second kappa shape index (κ2) is 9.29. The maximum absolute atomic E-state index is 13.2. The summed E-state index contributed by atoms with van der Waals surface area (Å²) in [6.07, 6.45) is 4.59. The Balaban J connectivity index is 1.36. The van der Waals surface area contributed by atoms with Gasteiger partial charge in [-0.1, -0.05) is 24.8 Å². The fourth-order valence-electron chi connectivity index (χ4n) is 4.95. The van der Waals surface area contributed by atoms with Crippen molar-refractivity contribution in [3.05, 3.63) is 77.2 Å². The Morgan fingerprint density at radius 1 is 1.11 bits per heavy atom. The summed E-state index contributed by atoms with van der Waals surface area (Å²) in [6.45, 7) is 4.26. The molecule has 1 saturated carbocycles. The van der Waals surface area contributed by atoms with E-state index in [-0.39, 0.29) is 18.1 Å². The lowest BCUT2D eigenvalue weighted by Crippen LogP contribution is -2.39. The van der Waals surface area contributed by atoms with Gasteiger partial charge in [-0.15, -0.1) is 11.3 Å². The van der Waals surface area contributed by atoms with Gasteiger partial charge in [-0.05, 0) is 68.1 Å². The van der Waals surface area contributed by atoms with Crippen molar-refractivity contribution in [2.75, 3.05) is 0 Å². The Hall–Kier alpha value is -3.88. The number of H-pyrrole nitrogens is 1. The smallest absolute Gasteiger partial charge is 0.263 e. The summed E-state index contributed by atoms with van der Waals surface area (Å²) < 4.78 is 7.96. The van der Waals surface area contributed by atoms with Crippen LogP contribution in [-0.4, -0.2) is 37.7 Å². The summed E-state index contributed by atoms with van der Waals surface area (Å²) in [7, 11) is 0. The number of nitrogens with one attached hydrogen (secondary N) is 2. The largest absolute Gasteiger partial charge is 0.457 e. The van der Waals surface area contributed by atoms with Crippen LogP contribution in [0.1, 0.15) is 35.4 Å². The lowest BCUT2D eigenvalue weighted by Gasteiger charge is -2.26. The predicted octanol–water partition coefficient (Wildman–Crippen LogP) is 5.09. The molecule has 1 aliphatic rings.